The number of hydrogen-bond acceptors (Lipinski definition) is 2. The summed E-state index contributed by atoms with van der Waals surface area (Å²) >= 11 is 0. The van der Waals surface area contributed by atoms with Crippen molar-refractivity contribution in [2.75, 3.05) is 10.2 Å². The number of carbonyl (C=O) groups excluding carboxylic acids is 2. The number of carbonyl (C=O) groups is 2. The third kappa shape index (κ3) is 2.95. The molecule has 0 saturated carbocycles. The molecule has 0 bridgehead atoms. The van der Waals surface area contributed by atoms with E-state index >= 15 is 0 Å². The summed E-state index contributed by atoms with van der Waals surface area (Å²) in [6, 6.07) is 7.35. The van der Waals surface area contributed by atoms with Gasteiger partial charge in [-0.1, -0.05) is 26.0 Å². The minimum Gasteiger partial charge on any atom is -0.324 e. The quantitative estimate of drug-likeness (QED) is 0.889. The molecule has 1 atom stereocenters. The first kappa shape index (κ1) is 13.6. The maximum atomic E-state index is 12.4. The van der Waals surface area contributed by atoms with Gasteiger partial charge in [-0.3, -0.25) is 9.59 Å². The zero-order valence-corrected chi connectivity index (χ0v) is 11.6. The average molecular weight is 260 g/mol. The maximum Gasteiger partial charge on any atom is 0.227 e. The number of rotatable bonds is 2. The molecule has 2 amide bonds. The highest BCUT2D eigenvalue weighted by molar-refractivity contribution is 6.04. The lowest BCUT2D eigenvalue weighted by molar-refractivity contribution is -0.120. The van der Waals surface area contributed by atoms with Crippen molar-refractivity contribution < 1.29 is 9.59 Å². The lowest BCUT2D eigenvalue weighted by Gasteiger charge is -2.28. The number of para-hydroxylation sites is 2. The van der Waals surface area contributed by atoms with Crippen molar-refractivity contribution in [1.82, 2.24) is 0 Å². The Labute approximate surface area is 113 Å². The summed E-state index contributed by atoms with van der Waals surface area (Å²) in [5.74, 6) is 0.338. The van der Waals surface area contributed by atoms with Crippen LogP contribution in [0.15, 0.2) is 24.3 Å². The number of hydrogen-bond donors (Lipinski definition) is 1. The van der Waals surface area contributed by atoms with Gasteiger partial charge in [0, 0.05) is 18.9 Å². The van der Waals surface area contributed by atoms with Crippen molar-refractivity contribution in [2.45, 2.75) is 39.7 Å². The van der Waals surface area contributed by atoms with Gasteiger partial charge in [0.15, 0.2) is 0 Å². The molecule has 0 radical (unpaired) electrons. The van der Waals surface area contributed by atoms with Crippen LogP contribution in [-0.4, -0.2) is 17.9 Å². The normalized spacial score (nSPS) is 18.8. The van der Waals surface area contributed by atoms with Crippen molar-refractivity contribution in [3.05, 3.63) is 24.3 Å². The number of amides is 2. The summed E-state index contributed by atoms with van der Waals surface area (Å²) in [7, 11) is 0. The summed E-state index contributed by atoms with van der Waals surface area (Å²) in [6.45, 7) is 5.96. The Hall–Kier alpha value is -1.84. The Bertz CT molecular complexity index is 497. The molecule has 1 heterocycles. The number of nitrogens with one attached hydrogen (secondary N) is 1. The topological polar surface area (TPSA) is 49.4 Å². The number of anilines is 2. The second kappa shape index (κ2) is 5.43. The lowest BCUT2D eigenvalue weighted by atomic mass is 10.1. The molecule has 1 unspecified atom stereocenters. The van der Waals surface area contributed by atoms with Crippen LogP contribution < -0.4 is 10.2 Å². The Morgan fingerprint density at radius 2 is 2.11 bits per heavy atom. The molecule has 4 heteroatoms. The van der Waals surface area contributed by atoms with E-state index < -0.39 is 0 Å². The largest absolute Gasteiger partial charge is 0.324 e. The van der Waals surface area contributed by atoms with E-state index in [9.17, 15) is 9.59 Å². The van der Waals surface area contributed by atoms with Gasteiger partial charge in [-0.05, 0) is 25.0 Å². The molecule has 1 aliphatic heterocycles. The summed E-state index contributed by atoms with van der Waals surface area (Å²) in [5, 5.41) is 2.86. The van der Waals surface area contributed by atoms with Crippen molar-refractivity contribution in [1.29, 1.82) is 0 Å². The van der Waals surface area contributed by atoms with Crippen LogP contribution in [0.1, 0.15) is 33.6 Å². The van der Waals surface area contributed by atoms with Crippen LogP contribution in [0.4, 0.5) is 11.4 Å². The van der Waals surface area contributed by atoms with E-state index in [1.54, 1.807) is 4.90 Å². The molecule has 102 valence electrons. The van der Waals surface area contributed by atoms with Gasteiger partial charge in [0.1, 0.15) is 0 Å². The Morgan fingerprint density at radius 1 is 1.42 bits per heavy atom. The molecule has 0 aliphatic carbocycles. The fraction of sp³-hybridized carbons (Fsp3) is 0.467. The molecular weight excluding hydrogens is 240 g/mol. The van der Waals surface area contributed by atoms with E-state index in [4.69, 9.17) is 0 Å². The van der Waals surface area contributed by atoms with Crippen LogP contribution >= 0.6 is 0 Å². The Kier molecular flexibility index (Phi) is 3.88. The van der Waals surface area contributed by atoms with E-state index in [0.29, 0.717) is 24.4 Å². The van der Waals surface area contributed by atoms with E-state index in [1.165, 1.54) is 0 Å². The van der Waals surface area contributed by atoms with Crippen molar-refractivity contribution in [3.63, 3.8) is 0 Å². The first-order valence-corrected chi connectivity index (χ1v) is 6.70. The van der Waals surface area contributed by atoms with Crippen LogP contribution in [-0.2, 0) is 9.59 Å². The van der Waals surface area contributed by atoms with Crippen LogP contribution in [0.2, 0.25) is 0 Å². The second-order valence-electron chi connectivity index (χ2n) is 5.48. The minimum atomic E-state index is -0.116. The molecule has 1 aliphatic rings. The van der Waals surface area contributed by atoms with E-state index in [1.807, 2.05) is 45.0 Å². The van der Waals surface area contributed by atoms with Gasteiger partial charge >= 0.3 is 0 Å². The third-order valence-electron chi connectivity index (χ3n) is 3.21. The number of nitrogens with zero attached hydrogens (tertiary/aromatic N) is 1. The zero-order valence-electron chi connectivity index (χ0n) is 11.6. The van der Waals surface area contributed by atoms with E-state index in [2.05, 4.69) is 5.32 Å². The van der Waals surface area contributed by atoms with Crippen LogP contribution in [0.3, 0.4) is 0 Å². The summed E-state index contributed by atoms with van der Waals surface area (Å²) in [4.78, 5) is 26.0. The highest BCUT2D eigenvalue weighted by Gasteiger charge is 2.29. The lowest BCUT2D eigenvalue weighted by Crippen LogP contribution is -2.39. The Morgan fingerprint density at radius 3 is 2.79 bits per heavy atom. The maximum absolute atomic E-state index is 12.4. The molecule has 1 aromatic rings. The van der Waals surface area contributed by atoms with E-state index in [-0.39, 0.29) is 17.9 Å². The molecule has 4 nitrogen and oxygen atoms in total. The van der Waals surface area contributed by atoms with Gasteiger partial charge in [-0.25, -0.2) is 0 Å². The third-order valence-corrected chi connectivity index (χ3v) is 3.21. The fourth-order valence-corrected chi connectivity index (χ4v) is 2.42. The molecule has 19 heavy (non-hydrogen) atoms. The molecule has 0 fully saturated rings. The molecule has 0 saturated heterocycles. The first-order chi connectivity index (χ1) is 8.99. The monoisotopic (exact) mass is 260 g/mol. The summed E-state index contributed by atoms with van der Waals surface area (Å²) in [5.41, 5.74) is 1.51. The van der Waals surface area contributed by atoms with E-state index in [0.717, 1.165) is 5.69 Å². The minimum absolute atomic E-state index is 0.0419. The molecule has 1 aromatic carbocycles. The molecule has 1 N–H and O–H groups in total. The van der Waals surface area contributed by atoms with Crippen molar-refractivity contribution in [3.8, 4) is 0 Å². The van der Waals surface area contributed by atoms with Crippen LogP contribution in [0, 0.1) is 5.92 Å². The van der Waals surface area contributed by atoms with Crippen molar-refractivity contribution >= 4 is 23.2 Å². The smallest absolute Gasteiger partial charge is 0.227 e. The fourth-order valence-electron chi connectivity index (χ4n) is 2.42. The standard InChI is InChI=1S/C15H20N2O2/c1-10(2)8-15(19)17-11(3)9-14(18)16-12-6-4-5-7-13(12)17/h4-7,10-11H,8-9H2,1-3H3,(H,16,18). The highest BCUT2D eigenvalue weighted by Crippen LogP contribution is 2.32. The van der Waals surface area contributed by atoms with Crippen LogP contribution in [0.25, 0.3) is 0 Å². The molecule has 0 aromatic heterocycles. The summed E-state index contributed by atoms with van der Waals surface area (Å²) < 4.78 is 0. The van der Waals surface area contributed by atoms with Gasteiger partial charge in [0.05, 0.1) is 11.4 Å². The second-order valence-corrected chi connectivity index (χ2v) is 5.48. The zero-order chi connectivity index (χ0) is 14.0. The summed E-state index contributed by atoms with van der Waals surface area (Å²) in [6.07, 6.45) is 0.825. The molecule has 0 spiro atoms. The predicted octanol–water partition coefficient (Wildman–Crippen LogP) is 2.80. The van der Waals surface area contributed by atoms with Crippen LogP contribution in [0.5, 0.6) is 0 Å². The molecular formula is C15H20N2O2. The van der Waals surface area contributed by atoms with Crippen molar-refractivity contribution in [2.24, 2.45) is 5.92 Å². The number of benzene rings is 1. The van der Waals surface area contributed by atoms with Gasteiger partial charge in [0.25, 0.3) is 0 Å². The SMILES string of the molecule is CC(C)CC(=O)N1c2ccccc2NC(=O)CC1C. The highest BCUT2D eigenvalue weighted by atomic mass is 16.2. The Balaban J connectivity index is 2.40. The number of fused-ring (bicyclic) bond motifs is 1. The predicted molar refractivity (Wildman–Crippen MR) is 76.1 cm³/mol. The van der Waals surface area contributed by atoms with Gasteiger partial charge < -0.3 is 10.2 Å². The first-order valence-electron chi connectivity index (χ1n) is 6.70. The van der Waals surface area contributed by atoms with Gasteiger partial charge in [-0.2, -0.15) is 0 Å². The van der Waals surface area contributed by atoms with Gasteiger partial charge in [-0.15, -0.1) is 0 Å². The van der Waals surface area contributed by atoms with Gasteiger partial charge in [0.2, 0.25) is 11.8 Å². The average Bonchev–Trinajstić information content (AvgIpc) is 2.42. The molecule has 2 rings (SSSR count).